The minimum atomic E-state index is -0.775. The first-order chi connectivity index (χ1) is 18.1. The van der Waals surface area contributed by atoms with Crippen molar-refractivity contribution < 1.29 is 10.2 Å². The number of benzene rings is 3. The van der Waals surface area contributed by atoms with Gasteiger partial charge in [0.1, 0.15) is 5.75 Å². The lowest BCUT2D eigenvalue weighted by molar-refractivity contribution is 0.176. The maximum Gasteiger partial charge on any atom is 0.248 e. The van der Waals surface area contributed by atoms with Gasteiger partial charge in [-0.05, 0) is 72.1 Å². The van der Waals surface area contributed by atoms with Crippen LogP contribution in [0, 0.1) is 0 Å². The molecule has 0 fully saturated rings. The molecule has 0 aliphatic carbocycles. The van der Waals surface area contributed by atoms with E-state index in [2.05, 4.69) is 57.0 Å². The number of aromatic amines is 1. The Bertz CT molecular complexity index is 1550. The molecular weight excluding hydrogens is 464 g/mol. The van der Waals surface area contributed by atoms with Crippen LogP contribution in [0.4, 0.5) is 11.4 Å². The van der Waals surface area contributed by atoms with Gasteiger partial charge in [0.2, 0.25) is 5.56 Å². The highest BCUT2D eigenvalue weighted by atomic mass is 16.3. The second kappa shape index (κ2) is 11.1. The van der Waals surface area contributed by atoms with E-state index < -0.39 is 6.10 Å². The van der Waals surface area contributed by atoms with Gasteiger partial charge in [0, 0.05) is 47.3 Å². The van der Waals surface area contributed by atoms with Crippen molar-refractivity contribution >= 4 is 22.3 Å². The van der Waals surface area contributed by atoms with Crippen molar-refractivity contribution in [3.05, 3.63) is 119 Å². The fraction of sp³-hybridized carbons (Fsp3) is 0.133. The molecule has 3 aromatic carbocycles. The molecule has 2 aromatic heterocycles. The van der Waals surface area contributed by atoms with Gasteiger partial charge in [0.05, 0.1) is 11.6 Å². The fourth-order valence-electron chi connectivity index (χ4n) is 4.36. The number of hydrogen-bond donors (Lipinski definition) is 5. The summed E-state index contributed by atoms with van der Waals surface area (Å²) in [6.07, 6.45) is 3.66. The maximum atomic E-state index is 11.6. The zero-order valence-electron chi connectivity index (χ0n) is 20.2. The lowest BCUT2D eigenvalue weighted by Gasteiger charge is -2.15. The molecule has 2 heterocycles. The summed E-state index contributed by atoms with van der Waals surface area (Å²) in [5, 5.41) is 28.1. The van der Waals surface area contributed by atoms with Gasteiger partial charge in [-0.25, -0.2) is 0 Å². The second-order valence-electron chi connectivity index (χ2n) is 8.90. The Hall–Kier alpha value is -4.46. The first-order valence-corrected chi connectivity index (χ1v) is 12.2. The van der Waals surface area contributed by atoms with Crippen LogP contribution in [0.5, 0.6) is 5.75 Å². The molecule has 0 unspecified atom stereocenters. The lowest BCUT2D eigenvalue weighted by atomic mass is 10.0. The first kappa shape index (κ1) is 24.2. The van der Waals surface area contributed by atoms with E-state index >= 15 is 0 Å². The summed E-state index contributed by atoms with van der Waals surface area (Å²) in [6.45, 7) is 1.05. The summed E-state index contributed by atoms with van der Waals surface area (Å²) in [7, 11) is 0. The van der Waals surface area contributed by atoms with Crippen molar-refractivity contribution in [2.75, 3.05) is 18.4 Å². The number of phenolic OH excluding ortho intramolecular Hbond substituents is 1. The van der Waals surface area contributed by atoms with E-state index in [9.17, 15) is 15.0 Å². The number of fused-ring (bicyclic) bond motifs is 1. The Balaban J connectivity index is 1.14. The molecule has 0 amide bonds. The highest BCUT2D eigenvalue weighted by Crippen LogP contribution is 2.28. The summed E-state index contributed by atoms with van der Waals surface area (Å²) in [6, 6.07) is 26.7. The molecule has 37 heavy (non-hydrogen) atoms. The molecule has 0 radical (unpaired) electrons. The number of aromatic hydroxyl groups is 1. The van der Waals surface area contributed by atoms with Crippen LogP contribution in [0.2, 0.25) is 0 Å². The predicted molar refractivity (Wildman–Crippen MR) is 147 cm³/mol. The minimum Gasteiger partial charge on any atom is -0.506 e. The third-order valence-electron chi connectivity index (χ3n) is 6.29. The fourth-order valence-corrected chi connectivity index (χ4v) is 4.36. The van der Waals surface area contributed by atoms with Crippen molar-refractivity contribution in [2.24, 2.45) is 0 Å². The van der Waals surface area contributed by atoms with Gasteiger partial charge in [-0.15, -0.1) is 0 Å². The predicted octanol–water partition coefficient (Wildman–Crippen LogP) is 4.91. The third kappa shape index (κ3) is 5.86. The van der Waals surface area contributed by atoms with Crippen LogP contribution in [-0.4, -0.2) is 33.3 Å². The molecule has 7 heteroatoms. The van der Waals surface area contributed by atoms with Crippen molar-refractivity contribution in [2.45, 2.75) is 12.5 Å². The number of hydrogen-bond acceptors (Lipinski definition) is 6. The Labute approximate surface area is 214 Å². The highest BCUT2D eigenvalue weighted by Gasteiger charge is 2.13. The van der Waals surface area contributed by atoms with Gasteiger partial charge in [-0.3, -0.25) is 9.78 Å². The van der Waals surface area contributed by atoms with E-state index in [4.69, 9.17) is 0 Å². The molecule has 0 spiro atoms. The van der Waals surface area contributed by atoms with Crippen molar-refractivity contribution in [3.63, 3.8) is 0 Å². The number of phenols is 1. The number of nitrogens with one attached hydrogen (secondary N) is 3. The standard InChI is InChI=1S/C30H28N4O3/c35-27-12-10-25(26-11-13-29(37)34-30(26)27)28(36)19-32-16-14-20-6-8-23(9-7-20)33-24-5-1-3-21(17-24)22-4-2-15-31-18-22/h1-13,15,17-18,28,32-33,35-36H,14,16,19H2,(H,34,37)/t28-/m0/s1. The number of nitrogens with zero attached hydrogens (tertiary/aromatic N) is 1. The number of aromatic nitrogens is 2. The van der Waals surface area contributed by atoms with E-state index in [1.165, 1.54) is 17.7 Å². The summed E-state index contributed by atoms with van der Waals surface area (Å²) >= 11 is 0. The van der Waals surface area contributed by atoms with Crippen molar-refractivity contribution in [1.82, 2.24) is 15.3 Å². The number of anilines is 2. The van der Waals surface area contributed by atoms with Crippen LogP contribution in [0.15, 0.2) is 102 Å². The van der Waals surface area contributed by atoms with E-state index in [1.54, 1.807) is 18.3 Å². The van der Waals surface area contributed by atoms with Crippen LogP contribution < -0.4 is 16.2 Å². The molecule has 0 saturated carbocycles. The normalized spacial score (nSPS) is 11.9. The van der Waals surface area contributed by atoms with E-state index in [-0.39, 0.29) is 11.3 Å². The molecular formula is C30H28N4O3. The average Bonchev–Trinajstić information content (AvgIpc) is 2.93. The van der Waals surface area contributed by atoms with Crippen molar-refractivity contribution in [3.8, 4) is 16.9 Å². The summed E-state index contributed by atoms with van der Waals surface area (Å²) in [5.74, 6) is -0.0178. The van der Waals surface area contributed by atoms with Gasteiger partial charge in [0.25, 0.3) is 0 Å². The van der Waals surface area contributed by atoms with E-state index in [1.807, 2.05) is 30.5 Å². The summed E-state index contributed by atoms with van der Waals surface area (Å²) < 4.78 is 0. The summed E-state index contributed by atoms with van der Waals surface area (Å²) in [4.78, 5) is 18.4. The van der Waals surface area contributed by atoms with E-state index in [0.29, 0.717) is 29.6 Å². The number of aliphatic hydroxyl groups is 1. The first-order valence-electron chi connectivity index (χ1n) is 12.2. The SMILES string of the molecule is O=c1ccc2c([C@@H](O)CNCCc3ccc(Nc4cccc(-c5cccnc5)c4)cc3)ccc(O)c2[nH]1. The highest BCUT2D eigenvalue weighted by molar-refractivity contribution is 5.87. The maximum absolute atomic E-state index is 11.6. The molecule has 1 atom stereocenters. The molecule has 186 valence electrons. The molecule has 5 N–H and O–H groups in total. The number of rotatable bonds is 9. The zero-order chi connectivity index (χ0) is 25.6. The number of pyridine rings is 2. The van der Waals surface area contributed by atoms with Crippen LogP contribution in [0.25, 0.3) is 22.0 Å². The minimum absolute atomic E-state index is 0.0178. The molecule has 0 saturated heterocycles. The van der Waals surface area contributed by atoms with Gasteiger partial charge in [-0.1, -0.05) is 36.4 Å². The Morgan fingerprint density at radius 3 is 2.54 bits per heavy atom. The Morgan fingerprint density at radius 1 is 0.892 bits per heavy atom. The third-order valence-corrected chi connectivity index (χ3v) is 6.29. The molecule has 7 nitrogen and oxygen atoms in total. The zero-order valence-corrected chi connectivity index (χ0v) is 20.2. The smallest absolute Gasteiger partial charge is 0.248 e. The topological polar surface area (TPSA) is 110 Å². The van der Waals surface area contributed by atoms with Crippen molar-refractivity contribution in [1.29, 1.82) is 0 Å². The molecule has 5 aromatic rings. The van der Waals surface area contributed by atoms with Gasteiger partial charge < -0.3 is 25.8 Å². The Kier molecular flexibility index (Phi) is 7.26. The monoisotopic (exact) mass is 492 g/mol. The average molecular weight is 493 g/mol. The molecule has 5 rings (SSSR count). The quantitative estimate of drug-likeness (QED) is 0.187. The van der Waals surface area contributed by atoms with Crippen LogP contribution in [0.3, 0.4) is 0 Å². The van der Waals surface area contributed by atoms with Crippen LogP contribution in [0.1, 0.15) is 17.2 Å². The molecule has 0 aliphatic rings. The Morgan fingerprint density at radius 2 is 1.73 bits per heavy atom. The number of H-pyrrole nitrogens is 1. The van der Waals surface area contributed by atoms with Gasteiger partial charge >= 0.3 is 0 Å². The summed E-state index contributed by atoms with van der Waals surface area (Å²) in [5.41, 5.74) is 6.07. The van der Waals surface area contributed by atoms with Gasteiger partial charge in [-0.2, -0.15) is 0 Å². The molecule has 0 bridgehead atoms. The van der Waals surface area contributed by atoms with E-state index in [0.717, 1.165) is 28.9 Å². The van der Waals surface area contributed by atoms with Crippen LogP contribution >= 0.6 is 0 Å². The number of aliphatic hydroxyl groups excluding tert-OH is 1. The lowest BCUT2D eigenvalue weighted by Crippen LogP contribution is -2.24. The second-order valence-corrected chi connectivity index (χ2v) is 8.90. The molecule has 0 aliphatic heterocycles. The van der Waals surface area contributed by atoms with Gasteiger partial charge in [0.15, 0.2) is 0 Å². The largest absolute Gasteiger partial charge is 0.506 e. The van der Waals surface area contributed by atoms with Crippen LogP contribution in [-0.2, 0) is 6.42 Å².